The Balaban J connectivity index is 1.42. The van der Waals surface area contributed by atoms with E-state index in [4.69, 9.17) is 4.98 Å². The van der Waals surface area contributed by atoms with Gasteiger partial charge >= 0.3 is 0 Å². The highest BCUT2D eigenvalue weighted by Crippen LogP contribution is 2.39. The zero-order valence-corrected chi connectivity index (χ0v) is 16.7. The van der Waals surface area contributed by atoms with Crippen LogP contribution < -0.4 is 10.2 Å². The molecule has 0 aromatic carbocycles. The van der Waals surface area contributed by atoms with Crippen molar-refractivity contribution in [2.45, 2.75) is 39.3 Å². The van der Waals surface area contributed by atoms with E-state index in [1.807, 2.05) is 23.6 Å². The molecular formula is C20H22N6OS. The molecule has 1 N–H and O–H groups in total. The van der Waals surface area contributed by atoms with Crippen LogP contribution in [0.2, 0.25) is 0 Å². The minimum atomic E-state index is 0.0194. The molecule has 0 bridgehead atoms. The second-order valence-electron chi connectivity index (χ2n) is 7.80. The predicted octanol–water partition coefficient (Wildman–Crippen LogP) is 3.96. The molecular weight excluding hydrogens is 372 g/mol. The van der Waals surface area contributed by atoms with Crippen LogP contribution in [0.5, 0.6) is 0 Å². The van der Waals surface area contributed by atoms with Crippen LogP contribution in [0, 0.1) is 5.92 Å². The Morgan fingerprint density at radius 1 is 1.32 bits per heavy atom. The average molecular weight is 395 g/mol. The summed E-state index contributed by atoms with van der Waals surface area (Å²) in [5.41, 5.74) is 2.89. The summed E-state index contributed by atoms with van der Waals surface area (Å²) in [4.78, 5) is 20.3. The number of anilines is 2. The van der Waals surface area contributed by atoms with Gasteiger partial charge in [-0.3, -0.25) is 9.69 Å². The minimum absolute atomic E-state index is 0.0194. The number of hydrogen-bond donors (Lipinski definition) is 1. The monoisotopic (exact) mass is 394 g/mol. The summed E-state index contributed by atoms with van der Waals surface area (Å²) in [6.07, 6.45) is 4.08. The number of nitrogens with zero attached hydrogens (tertiary/aromatic N) is 5. The van der Waals surface area contributed by atoms with Gasteiger partial charge in [-0.25, -0.2) is 4.98 Å². The largest absolute Gasteiger partial charge is 0.384 e. The van der Waals surface area contributed by atoms with Gasteiger partial charge in [-0.15, -0.1) is 21.5 Å². The molecule has 0 atom stereocenters. The Kier molecular flexibility index (Phi) is 4.16. The quantitative estimate of drug-likeness (QED) is 0.685. The van der Waals surface area contributed by atoms with Gasteiger partial charge < -0.3 is 9.88 Å². The fourth-order valence-electron chi connectivity index (χ4n) is 3.46. The number of hydrogen-bond acceptors (Lipinski definition) is 6. The third-order valence-electron chi connectivity index (χ3n) is 5.10. The zero-order valence-electron chi connectivity index (χ0n) is 15.9. The summed E-state index contributed by atoms with van der Waals surface area (Å²) in [7, 11) is 0. The van der Waals surface area contributed by atoms with Crippen LogP contribution in [0.3, 0.4) is 0 Å². The molecule has 1 amide bonds. The van der Waals surface area contributed by atoms with E-state index in [1.54, 1.807) is 11.2 Å². The first-order valence-corrected chi connectivity index (χ1v) is 10.5. The van der Waals surface area contributed by atoms with Crippen molar-refractivity contribution >= 4 is 28.7 Å². The molecule has 7 nitrogen and oxygen atoms in total. The maximum Gasteiger partial charge on any atom is 0.270 e. The Morgan fingerprint density at radius 2 is 2.18 bits per heavy atom. The highest BCUT2D eigenvalue weighted by Gasteiger charge is 2.34. The maximum absolute atomic E-state index is 13.0. The molecule has 0 saturated heterocycles. The normalized spacial score (nSPS) is 16.1. The lowest BCUT2D eigenvalue weighted by atomic mass is 10.2. The van der Waals surface area contributed by atoms with Gasteiger partial charge in [0.1, 0.15) is 17.8 Å². The van der Waals surface area contributed by atoms with E-state index in [1.165, 1.54) is 11.3 Å². The fourth-order valence-corrected chi connectivity index (χ4v) is 4.45. The average Bonchev–Trinajstić information content (AvgIpc) is 3.14. The van der Waals surface area contributed by atoms with Crippen molar-refractivity contribution in [1.82, 2.24) is 19.7 Å². The molecule has 1 saturated carbocycles. The van der Waals surface area contributed by atoms with Gasteiger partial charge in [0.25, 0.3) is 5.91 Å². The fraction of sp³-hybridized carbons (Fsp3) is 0.400. The number of fused-ring (bicyclic) bond motifs is 1. The van der Waals surface area contributed by atoms with E-state index in [0.29, 0.717) is 24.3 Å². The summed E-state index contributed by atoms with van der Waals surface area (Å²) in [5, 5.41) is 13.8. The molecule has 3 aromatic heterocycles. The van der Waals surface area contributed by atoms with Crippen molar-refractivity contribution in [2.75, 3.05) is 16.8 Å². The summed E-state index contributed by atoms with van der Waals surface area (Å²) >= 11 is 1.51. The second-order valence-corrected chi connectivity index (χ2v) is 8.68. The Hall–Kier alpha value is -2.74. The van der Waals surface area contributed by atoms with Crippen LogP contribution in [0.1, 0.15) is 48.0 Å². The number of aromatic nitrogens is 4. The molecule has 2 aliphatic rings. The lowest BCUT2D eigenvalue weighted by Crippen LogP contribution is -2.24. The van der Waals surface area contributed by atoms with E-state index in [9.17, 15) is 4.79 Å². The minimum Gasteiger partial charge on any atom is -0.384 e. The van der Waals surface area contributed by atoms with E-state index in [0.717, 1.165) is 47.0 Å². The first-order chi connectivity index (χ1) is 13.6. The first kappa shape index (κ1) is 17.4. The second kappa shape index (κ2) is 6.70. The SMILES string of the molecule is CC(C)CNc1csc2c1CN(c1cccc(-c3nncn3C3CC3)n1)C2=O. The number of rotatable bonds is 6. The molecule has 0 unspecified atom stereocenters. The number of carbonyl (C=O) groups is 1. The van der Waals surface area contributed by atoms with E-state index >= 15 is 0 Å². The Morgan fingerprint density at radius 3 is 2.96 bits per heavy atom. The maximum atomic E-state index is 13.0. The third-order valence-corrected chi connectivity index (χ3v) is 6.11. The van der Waals surface area contributed by atoms with Crippen molar-refractivity contribution in [2.24, 2.45) is 5.92 Å². The summed E-state index contributed by atoms with van der Waals surface area (Å²) in [6.45, 7) is 5.78. The molecule has 1 aliphatic heterocycles. The van der Waals surface area contributed by atoms with Crippen LogP contribution in [-0.2, 0) is 6.54 Å². The van der Waals surface area contributed by atoms with Gasteiger partial charge in [-0.2, -0.15) is 0 Å². The summed E-state index contributed by atoms with van der Waals surface area (Å²) < 4.78 is 2.09. The van der Waals surface area contributed by atoms with Gasteiger partial charge in [-0.1, -0.05) is 19.9 Å². The molecule has 1 fully saturated rings. The number of carbonyl (C=O) groups excluding carboxylic acids is 1. The number of thiophene rings is 1. The van der Waals surface area contributed by atoms with Gasteiger partial charge in [-0.05, 0) is 30.9 Å². The molecule has 3 aromatic rings. The van der Waals surface area contributed by atoms with Crippen molar-refractivity contribution < 1.29 is 4.79 Å². The van der Waals surface area contributed by atoms with Crippen LogP contribution in [0.15, 0.2) is 29.9 Å². The van der Waals surface area contributed by atoms with Crippen LogP contribution in [0.25, 0.3) is 11.5 Å². The topological polar surface area (TPSA) is 75.9 Å². The molecule has 5 rings (SSSR count). The number of pyridine rings is 1. The smallest absolute Gasteiger partial charge is 0.270 e. The van der Waals surface area contributed by atoms with Crippen molar-refractivity contribution in [3.63, 3.8) is 0 Å². The lowest BCUT2D eigenvalue weighted by Gasteiger charge is -2.16. The summed E-state index contributed by atoms with van der Waals surface area (Å²) in [6, 6.07) is 6.22. The van der Waals surface area contributed by atoms with Gasteiger partial charge in [0, 0.05) is 23.5 Å². The standard InChI is InChI=1S/C20H22N6OS/c1-12(2)8-21-16-10-28-18-14(16)9-25(20(18)27)17-5-3-4-15(23-17)19-24-22-11-26(19)13-6-7-13/h3-5,10-13,21H,6-9H2,1-2H3. The van der Waals surface area contributed by atoms with E-state index < -0.39 is 0 Å². The number of nitrogens with one attached hydrogen (secondary N) is 1. The predicted molar refractivity (Wildman–Crippen MR) is 110 cm³/mol. The third kappa shape index (κ3) is 2.97. The first-order valence-electron chi connectivity index (χ1n) is 9.65. The van der Waals surface area contributed by atoms with Crippen molar-refractivity contribution in [3.05, 3.63) is 40.3 Å². The molecule has 0 radical (unpaired) electrons. The Bertz CT molecular complexity index is 1040. The van der Waals surface area contributed by atoms with Crippen molar-refractivity contribution in [1.29, 1.82) is 0 Å². The van der Waals surface area contributed by atoms with Gasteiger partial charge in [0.2, 0.25) is 0 Å². The highest BCUT2D eigenvalue weighted by molar-refractivity contribution is 7.13. The van der Waals surface area contributed by atoms with Gasteiger partial charge in [0.15, 0.2) is 5.82 Å². The van der Waals surface area contributed by atoms with Gasteiger partial charge in [0.05, 0.1) is 17.1 Å². The Labute approximate surface area is 167 Å². The zero-order chi connectivity index (χ0) is 19.3. The lowest BCUT2D eigenvalue weighted by molar-refractivity contribution is 0.0999. The molecule has 8 heteroatoms. The molecule has 4 heterocycles. The number of amides is 1. The molecule has 0 spiro atoms. The van der Waals surface area contributed by atoms with Crippen LogP contribution in [-0.4, -0.2) is 32.2 Å². The van der Waals surface area contributed by atoms with E-state index in [-0.39, 0.29) is 5.91 Å². The van der Waals surface area contributed by atoms with Crippen LogP contribution in [0.4, 0.5) is 11.5 Å². The molecule has 144 valence electrons. The van der Waals surface area contributed by atoms with Crippen molar-refractivity contribution in [3.8, 4) is 11.5 Å². The highest BCUT2D eigenvalue weighted by atomic mass is 32.1. The molecule has 28 heavy (non-hydrogen) atoms. The summed E-state index contributed by atoms with van der Waals surface area (Å²) in [5.74, 6) is 1.99. The van der Waals surface area contributed by atoms with Crippen LogP contribution >= 0.6 is 11.3 Å². The molecule has 1 aliphatic carbocycles. The van der Waals surface area contributed by atoms with E-state index in [2.05, 4.69) is 33.9 Å².